The van der Waals surface area contributed by atoms with E-state index in [9.17, 15) is 22.8 Å². The number of imide groups is 1. The van der Waals surface area contributed by atoms with Gasteiger partial charge in [0.25, 0.3) is 11.5 Å². The van der Waals surface area contributed by atoms with Gasteiger partial charge in [-0.3, -0.25) is 19.5 Å². The number of nitrogens with zero attached hydrogens (tertiary/aromatic N) is 3. The highest BCUT2D eigenvalue weighted by Crippen LogP contribution is 2.49. The van der Waals surface area contributed by atoms with Gasteiger partial charge in [0.05, 0.1) is 18.0 Å². The molecule has 1 aromatic heterocycles. The first-order valence-corrected chi connectivity index (χ1v) is 11.8. The van der Waals surface area contributed by atoms with Crippen LogP contribution in [0.4, 0.5) is 13.2 Å². The molecule has 3 aromatic rings. The first-order valence-electron chi connectivity index (χ1n) is 11.0. The number of benzene rings is 2. The standard InChI is InChI=1S/C26H20Cl2F3N3O3/c1-15-9-17(6-7-22(15)24(36)34(16(2)35)14-21-5-3-4-8-32-21)23-13-25(37-33-23,26(29,30)31)18-10-19(27)12-20(28)11-18/h3-12H,13-14H2,1-2H3. The number of aryl methyl sites for hydroxylation is 1. The number of rotatable bonds is 5. The predicted octanol–water partition coefficient (Wildman–Crippen LogP) is 6.47. The number of carbonyl (C=O) groups is 2. The minimum atomic E-state index is -4.83. The number of pyridine rings is 1. The summed E-state index contributed by atoms with van der Waals surface area (Å²) < 4.78 is 42.8. The van der Waals surface area contributed by atoms with Crippen LogP contribution >= 0.6 is 23.2 Å². The molecule has 11 heteroatoms. The fourth-order valence-electron chi connectivity index (χ4n) is 4.05. The van der Waals surface area contributed by atoms with Crippen LogP contribution in [-0.4, -0.2) is 33.6 Å². The summed E-state index contributed by atoms with van der Waals surface area (Å²) in [6, 6.07) is 13.2. The van der Waals surface area contributed by atoms with E-state index in [1.54, 1.807) is 31.3 Å². The van der Waals surface area contributed by atoms with Gasteiger partial charge in [0.15, 0.2) is 0 Å². The molecule has 6 nitrogen and oxygen atoms in total. The molecule has 0 aliphatic carbocycles. The fourth-order valence-corrected chi connectivity index (χ4v) is 4.58. The zero-order valence-corrected chi connectivity index (χ0v) is 21.2. The molecule has 0 saturated carbocycles. The number of alkyl halides is 3. The van der Waals surface area contributed by atoms with Crippen LogP contribution in [0.2, 0.25) is 10.0 Å². The second-order valence-electron chi connectivity index (χ2n) is 8.55. The van der Waals surface area contributed by atoms with E-state index in [4.69, 9.17) is 28.0 Å². The second-order valence-corrected chi connectivity index (χ2v) is 9.42. The smallest absolute Gasteiger partial charge is 0.374 e. The van der Waals surface area contributed by atoms with E-state index in [1.807, 2.05) is 0 Å². The topological polar surface area (TPSA) is 71.9 Å². The lowest BCUT2D eigenvalue weighted by Crippen LogP contribution is -2.42. The van der Waals surface area contributed by atoms with Crippen molar-refractivity contribution < 1.29 is 27.6 Å². The minimum Gasteiger partial charge on any atom is -0.374 e. The highest BCUT2D eigenvalue weighted by molar-refractivity contribution is 6.34. The number of carbonyl (C=O) groups excluding carboxylic acids is 2. The van der Waals surface area contributed by atoms with Crippen LogP contribution in [0.25, 0.3) is 0 Å². The lowest BCUT2D eigenvalue weighted by atomic mass is 9.86. The van der Waals surface area contributed by atoms with E-state index < -0.39 is 30.0 Å². The zero-order chi connectivity index (χ0) is 27.0. The maximum atomic E-state index is 14.3. The van der Waals surface area contributed by atoms with Crippen molar-refractivity contribution in [2.75, 3.05) is 0 Å². The molecule has 2 heterocycles. The molecule has 2 amide bonds. The van der Waals surface area contributed by atoms with Crippen LogP contribution in [0, 0.1) is 6.92 Å². The van der Waals surface area contributed by atoms with Gasteiger partial charge in [0.1, 0.15) is 0 Å². The lowest BCUT2D eigenvalue weighted by molar-refractivity contribution is -0.275. The summed E-state index contributed by atoms with van der Waals surface area (Å²) in [7, 11) is 0. The van der Waals surface area contributed by atoms with Gasteiger partial charge < -0.3 is 4.84 Å². The summed E-state index contributed by atoms with van der Waals surface area (Å²) in [4.78, 5) is 35.6. The Labute approximate surface area is 220 Å². The highest BCUT2D eigenvalue weighted by atomic mass is 35.5. The molecular weight excluding hydrogens is 530 g/mol. The molecule has 2 aromatic carbocycles. The number of aromatic nitrogens is 1. The van der Waals surface area contributed by atoms with Crippen LogP contribution in [0.3, 0.4) is 0 Å². The Hall–Kier alpha value is -3.43. The van der Waals surface area contributed by atoms with Crippen molar-refractivity contribution >= 4 is 40.7 Å². The highest BCUT2D eigenvalue weighted by Gasteiger charge is 2.62. The van der Waals surface area contributed by atoms with Crippen molar-refractivity contribution in [2.45, 2.75) is 38.6 Å². The van der Waals surface area contributed by atoms with Crippen LogP contribution in [0.1, 0.15) is 46.1 Å². The first kappa shape index (κ1) is 26.6. The molecule has 37 heavy (non-hydrogen) atoms. The quantitative estimate of drug-likeness (QED) is 0.365. The lowest BCUT2D eigenvalue weighted by Gasteiger charge is -2.29. The summed E-state index contributed by atoms with van der Waals surface area (Å²) in [5.74, 6) is -1.02. The average molecular weight is 550 g/mol. The van der Waals surface area contributed by atoms with Crippen molar-refractivity contribution in [3.8, 4) is 0 Å². The van der Waals surface area contributed by atoms with E-state index >= 15 is 0 Å². The van der Waals surface area contributed by atoms with Gasteiger partial charge in [-0.2, -0.15) is 13.2 Å². The van der Waals surface area contributed by atoms with Crippen LogP contribution in [0.15, 0.2) is 65.9 Å². The summed E-state index contributed by atoms with van der Waals surface area (Å²) in [6.45, 7) is 2.88. The van der Waals surface area contributed by atoms with Crippen LogP contribution < -0.4 is 0 Å². The molecule has 0 radical (unpaired) electrons. The molecule has 1 aliphatic heterocycles. The van der Waals surface area contributed by atoms with Gasteiger partial charge >= 0.3 is 6.18 Å². The monoisotopic (exact) mass is 549 g/mol. The third kappa shape index (κ3) is 5.33. The molecule has 0 spiro atoms. The van der Waals surface area contributed by atoms with Gasteiger partial charge in [0, 0.05) is 40.7 Å². The van der Waals surface area contributed by atoms with Gasteiger partial charge in [0.2, 0.25) is 5.91 Å². The minimum absolute atomic E-state index is 0.0208. The Balaban J connectivity index is 1.62. The second kappa shape index (κ2) is 10.1. The van der Waals surface area contributed by atoms with Gasteiger partial charge in [-0.25, -0.2) is 0 Å². The van der Waals surface area contributed by atoms with Gasteiger partial charge in [-0.15, -0.1) is 0 Å². The molecule has 1 aliphatic rings. The Morgan fingerprint density at radius 2 is 1.78 bits per heavy atom. The molecule has 1 unspecified atom stereocenters. The number of oxime groups is 1. The van der Waals surface area contributed by atoms with E-state index in [-0.39, 0.29) is 33.4 Å². The molecular formula is C26H20Cl2F3N3O3. The summed E-state index contributed by atoms with van der Waals surface area (Å²) in [5, 5.41) is 3.81. The van der Waals surface area contributed by atoms with Gasteiger partial charge in [-0.1, -0.05) is 40.5 Å². The van der Waals surface area contributed by atoms with E-state index in [1.165, 1.54) is 31.2 Å². The largest absolute Gasteiger partial charge is 0.435 e. The van der Waals surface area contributed by atoms with Crippen molar-refractivity contribution in [3.05, 3.63) is 98.8 Å². The molecule has 1 atom stereocenters. The molecule has 192 valence electrons. The summed E-state index contributed by atoms with van der Waals surface area (Å²) >= 11 is 11.9. The number of amides is 2. The summed E-state index contributed by atoms with van der Waals surface area (Å²) in [5.41, 5.74) is -1.47. The molecule has 0 bridgehead atoms. The third-order valence-electron chi connectivity index (χ3n) is 5.98. The van der Waals surface area contributed by atoms with E-state index in [0.717, 1.165) is 17.0 Å². The molecule has 4 rings (SSSR count). The van der Waals surface area contributed by atoms with Crippen molar-refractivity contribution in [1.82, 2.24) is 9.88 Å². The number of hydrogen-bond donors (Lipinski definition) is 0. The normalized spacial score (nSPS) is 17.2. The predicted molar refractivity (Wildman–Crippen MR) is 132 cm³/mol. The van der Waals surface area contributed by atoms with E-state index in [0.29, 0.717) is 16.8 Å². The SMILES string of the molecule is CC(=O)N(Cc1ccccn1)C(=O)c1ccc(C2=NOC(c3cc(Cl)cc(Cl)c3)(C(F)(F)F)C2)cc1C. The number of hydrogen-bond acceptors (Lipinski definition) is 5. The maximum Gasteiger partial charge on any atom is 0.435 e. The Morgan fingerprint density at radius 1 is 1.08 bits per heavy atom. The van der Waals surface area contributed by atoms with Crippen molar-refractivity contribution in [1.29, 1.82) is 0 Å². The Kier molecular flexibility index (Phi) is 7.30. The zero-order valence-electron chi connectivity index (χ0n) is 19.6. The van der Waals surface area contributed by atoms with Crippen molar-refractivity contribution in [3.63, 3.8) is 0 Å². The molecule has 0 N–H and O–H groups in total. The maximum absolute atomic E-state index is 14.3. The average Bonchev–Trinajstić information content (AvgIpc) is 3.29. The Morgan fingerprint density at radius 3 is 2.35 bits per heavy atom. The van der Waals surface area contributed by atoms with Gasteiger partial charge in [-0.05, 0) is 60.5 Å². The molecule has 0 saturated heterocycles. The molecule has 0 fully saturated rings. The first-order chi connectivity index (χ1) is 17.4. The van der Waals surface area contributed by atoms with E-state index in [2.05, 4.69) is 10.1 Å². The summed E-state index contributed by atoms with van der Waals surface area (Å²) in [6.07, 6.45) is -3.90. The Bertz CT molecular complexity index is 1380. The van der Waals surface area contributed by atoms with Crippen LogP contribution in [0.5, 0.6) is 0 Å². The van der Waals surface area contributed by atoms with Crippen molar-refractivity contribution in [2.24, 2.45) is 5.16 Å². The van der Waals surface area contributed by atoms with Crippen LogP contribution in [-0.2, 0) is 21.8 Å². The number of halogens is 5. The third-order valence-corrected chi connectivity index (χ3v) is 6.41. The fraction of sp³-hybridized carbons (Fsp3) is 0.231.